The zero-order valence-electron chi connectivity index (χ0n) is 17.6. The van der Waals surface area contributed by atoms with Gasteiger partial charge in [-0.15, -0.1) is 0 Å². The zero-order chi connectivity index (χ0) is 20.1. The second-order valence-corrected chi connectivity index (χ2v) is 6.79. The largest absolute Gasteiger partial charge is 0.357 e. The molecule has 0 heterocycles. The minimum absolute atomic E-state index is 0.0656. The van der Waals surface area contributed by atoms with Crippen LogP contribution in [0.1, 0.15) is 53.0 Å². The van der Waals surface area contributed by atoms with Crippen LogP contribution in [0.25, 0.3) is 0 Å². The van der Waals surface area contributed by atoms with E-state index in [1.165, 1.54) is 13.3 Å². The highest BCUT2D eigenvalue weighted by atomic mass is 16.1. The van der Waals surface area contributed by atoms with Crippen molar-refractivity contribution in [2.75, 3.05) is 31.5 Å². The van der Waals surface area contributed by atoms with Crippen molar-refractivity contribution in [1.82, 2.24) is 15.5 Å². The summed E-state index contributed by atoms with van der Waals surface area (Å²) in [4.78, 5) is 18.3. The third-order valence-corrected chi connectivity index (χ3v) is 4.40. The molecule has 0 bridgehead atoms. The third kappa shape index (κ3) is 9.99. The SMILES string of the molecule is CCNC(=NCc1cccc(NC(C)=O)c1)NC(C)CCCN(CC)CC. The van der Waals surface area contributed by atoms with Gasteiger partial charge in [-0.3, -0.25) is 4.79 Å². The summed E-state index contributed by atoms with van der Waals surface area (Å²) in [7, 11) is 0. The lowest BCUT2D eigenvalue weighted by Gasteiger charge is -2.21. The van der Waals surface area contributed by atoms with E-state index in [0.717, 1.165) is 49.8 Å². The van der Waals surface area contributed by atoms with E-state index < -0.39 is 0 Å². The number of anilines is 1. The minimum Gasteiger partial charge on any atom is -0.357 e. The van der Waals surface area contributed by atoms with E-state index in [1.54, 1.807) is 0 Å². The standard InChI is InChI=1S/C21H37N5O/c1-6-22-21(24-17(4)11-10-14-26(7-2)8-3)23-16-19-12-9-13-20(15-19)25-18(5)27/h9,12-13,15,17H,6-8,10-11,14,16H2,1-5H3,(H,25,27)(H2,22,23,24). The highest BCUT2D eigenvalue weighted by Crippen LogP contribution is 2.11. The molecule has 0 aliphatic heterocycles. The summed E-state index contributed by atoms with van der Waals surface area (Å²) >= 11 is 0. The lowest BCUT2D eigenvalue weighted by molar-refractivity contribution is -0.114. The molecule has 1 atom stereocenters. The molecule has 152 valence electrons. The van der Waals surface area contributed by atoms with Crippen LogP contribution < -0.4 is 16.0 Å². The van der Waals surface area contributed by atoms with E-state index >= 15 is 0 Å². The Morgan fingerprint density at radius 1 is 1.22 bits per heavy atom. The third-order valence-electron chi connectivity index (χ3n) is 4.40. The molecule has 0 aliphatic carbocycles. The maximum atomic E-state index is 11.2. The van der Waals surface area contributed by atoms with E-state index in [2.05, 4.69) is 48.5 Å². The van der Waals surface area contributed by atoms with Crippen LogP contribution in [0.4, 0.5) is 5.69 Å². The fraction of sp³-hybridized carbons (Fsp3) is 0.619. The number of amides is 1. The lowest BCUT2D eigenvalue weighted by Crippen LogP contribution is -2.42. The van der Waals surface area contributed by atoms with Crippen LogP contribution in [0.15, 0.2) is 29.3 Å². The number of hydrogen-bond acceptors (Lipinski definition) is 3. The molecular formula is C21H37N5O. The van der Waals surface area contributed by atoms with Crippen molar-refractivity contribution in [1.29, 1.82) is 0 Å². The predicted octanol–water partition coefficient (Wildman–Crippen LogP) is 3.21. The Balaban J connectivity index is 2.57. The second-order valence-electron chi connectivity index (χ2n) is 6.79. The molecule has 6 heteroatoms. The number of carbonyl (C=O) groups is 1. The van der Waals surface area contributed by atoms with Gasteiger partial charge in [0.1, 0.15) is 0 Å². The quantitative estimate of drug-likeness (QED) is 0.410. The highest BCUT2D eigenvalue weighted by Gasteiger charge is 2.07. The topological polar surface area (TPSA) is 68.8 Å². The summed E-state index contributed by atoms with van der Waals surface area (Å²) in [5, 5.41) is 9.62. The Hall–Kier alpha value is -2.08. The fourth-order valence-corrected chi connectivity index (χ4v) is 2.91. The Morgan fingerprint density at radius 2 is 1.96 bits per heavy atom. The first-order valence-electron chi connectivity index (χ1n) is 10.1. The number of nitrogens with zero attached hydrogens (tertiary/aromatic N) is 2. The number of hydrogen-bond donors (Lipinski definition) is 3. The molecule has 0 spiro atoms. The Labute approximate surface area is 164 Å². The monoisotopic (exact) mass is 375 g/mol. The maximum absolute atomic E-state index is 11.2. The Kier molecular flexibility index (Phi) is 11.2. The maximum Gasteiger partial charge on any atom is 0.221 e. The average Bonchev–Trinajstić information content (AvgIpc) is 2.63. The summed E-state index contributed by atoms with van der Waals surface area (Å²) < 4.78 is 0. The van der Waals surface area contributed by atoms with E-state index in [4.69, 9.17) is 4.99 Å². The van der Waals surface area contributed by atoms with Crippen molar-refractivity contribution in [2.24, 2.45) is 4.99 Å². The highest BCUT2D eigenvalue weighted by molar-refractivity contribution is 5.88. The Morgan fingerprint density at radius 3 is 2.59 bits per heavy atom. The normalized spacial score (nSPS) is 12.7. The molecule has 0 saturated carbocycles. The molecule has 0 aromatic heterocycles. The van der Waals surface area contributed by atoms with E-state index in [1.807, 2.05) is 24.3 Å². The summed E-state index contributed by atoms with van der Waals surface area (Å²) in [5.74, 6) is 0.766. The fourth-order valence-electron chi connectivity index (χ4n) is 2.91. The zero-order valence-corrected chi connectivity index (χ0v) is 17.6. The van der Waals surface area contributed by atoms with E-state index in [0.29, 0.717) is 12.6 Å². The van der Waals surface area contributed by atoms with Gasteiger partial charge >= 0.3 is 0 Å². The molecule has 6 nitrogen and oxygen atoms in total. The first-order chi connectivity index (χ1) is 13.0. The smallest absolute Gasteiger partial charge is 0.221 e. The van der Waals surface area contributed by atoms with Crippen molar-refractivity contribution >= 4 is 17.6 Å². The first kappa shape index (κ1) is 23.0. The number of guanidine groups is 1. The van der Waals surface area contributed by atoms with Gasteiger partial charge in [0.25, 0.3) is 0 Å². The van der Waals surface area contributed by atoms with Crippen LogP contribution in [-0.2, 0) is 11.3 Å². The molecule has 0 radical (unpaired) electrons. The number of aliphatic imine (C=N–C) groups is 1. The van der Waals surface area contributed by atoms with Gasteiger partial charge in [0, 0.05) is 25.2 Å². The number of rotatable bonds is 11. The summed E-state index contributed by atoms with van der Waals surface area (Å²) in [6, 6.07) is 8.17. The van der Waals surface area contributed by atoms with Gasteiger partial charge in [0.05, 0.1) is 6.54 Å². The van der Waals surface area contributed by atoms with Crippen LogP contribution in [0.3, 0.4) is 0 Å². The number of benzene rings is 1. The number of nitrogens with one attached hydrogen (secondary N) is 3. The predicted molar refractivity (Wildman–Crippen MR) is 115 cm³/mol. The molecule has 0 aliphatic rings. The Bertz CT molecular complexity index is 584. The van der Waals surface area contributed by atoms with Crippen LogP contribution in [0.5, 0.6) is 0 Å². The van der Waals surface area contributed by atoms with Crippen molar-refractivity contribution < 1.29 is 4.79 Å². The summed E-state index contributed by atoms with van der Waals surface area (Å²) in [6.45, 7) is 15.0. The lowest BCUT2D eigenvalue weighted by atomic mass is 10.2. The van der Waals surface area contributed by atoms with Crippen LogP contribution in [-0.4, -0.2) is 49.0 Å². The van der Waals surface area contributed by atoms with Gasteiger partial charge in [0.15, 0.2) is 5.96 Å². The van der Waals surface area contributed by atoms with Gasteiger partial charge in [0.2, 0.25) is 5.91 Å². The van der Waals surface area contributed by atoms with Crippen LogP contribution in [0.2, 0.25) is 0 Å². The molecule has 27 heavy (non-hydrogen) atoms. The molecule has 1 aromatic rings. The van der Waals surface area contributed by atoms with Gasteiger partial charge < -0.3 is 20.9 Å². The van der Waals surface area contributed by atoms with E-state index in [9.17, 15) is 4.79 Å². The number of carbonyl (C=O) groups excluding carboxylic acids is 1. The van der Waals surface area contributed by atoms with Crippen molar-refractivity contribution in [3.8, 4) is 0 Å². The summed E-state index contributed by atoms with van der Waals surface area (Å²) in [6.07, 6.45) is 2.28. The summed E-state index contributed by atoms with van der Waals surface area (Å²) in [5.41, 5.74) is 1.87. The minimum atomic E-state index is -0.0656. The van der Waals surface area contributed by atoms with Crippen molar-refractivity contribution in [2.45, 2.75) is 60.0 Å². The molecule has 0 fully saturated rings. The van der Waals surface area contributed by atoms with Crippen molar-refractivity contribution in [3.05, 3.63) is 29.8 Å². The second kappa shape index (κ2) is 13.1. The molecule has 0 saturated heterocycles. The molecule has 1 amide bonds. The van der Waals surface area contributed by atoms with Gasteiger partial charge in [-0.05, 0) is 64.0 Å². The van der Waals surface area contributed by atoms with Gasteiger partial charge in [-0.25, -0.2) is 4.99 Å². The first-order valence-corrected chi connectivity index (χ1v) is 10.1. The van der Waals surface area contributed by atoms with Gasteiger partial charge in [-0.1, -0.05) is 26.0 Å². The molecule has 1 unspecified atom stereocenters. The van der Waals surface area contributed by atoms with Crippen LogP contribution >= 0.6 is 0 Å². The molecule has 1 aromatic carbocycles. The average molecular weight is 376 g/mol. The molecular weight excluding hydrogens is 338 g/mol. The van der Waals surface area contributed by atoms with Gasteiger partial charge in [-0.2, -0.15) is 0 Å². The van der Waals surface area contributed by atoms with E-state index in [-0.39, 0.29) is 5.91 Å². The molecule has 1 rings (SSSR count). The molecule has 3 N–H and O–H groups in total. The van der Waals surface area contributed by atoms with Crippen LogP contribution in [0, 0.1) is 0 Å². The van der Waals surface area contributed by atoms with Crippen molar-refractivity contribution in [3.63, 3.8) is 0 Å².